The standard InChI is InChI=1S/C22H21NO4/c24-19-11-18(15-27-14-17-9-5-2-6-10-17)21(20(25)12-19)22(26)23-13-16-7-3-1-4-8-16/h1-12,24-25H,13-15H2,(H,23,26). The third-order valence-corrected chi connectivity index (χ3v) is 4.08. The van der Waals surface area contributed by atoms with Gasteiger partial charge in [-0.15, -0.1) is 0 Å². The number of ether oxygens (including phenoxy) is 1. The molecule has 0 aliphatic heterocycles. The van der Waals surface area contributed by atoms with Gasteiger partial charge in [0.1, 0.15) is 11.5 Å². The van der Waals surface area contributed by atoms with Gasteiger partial charge in [-0.2, -0.15) is 0 Å². The van der Waals surface area contributed by atoms with Crippen LogP contribution in [0.1, 0.15) is 27.0 Å². The van der Waals surface area contributed by atoms with Gasteiger partial charge in [0.15, 0.2) is 0 Å². The van der Waals surface area contributed by atoms with E-state index in [4.69, 9.17) is 4.74 Å². The van der Waals surface area contributed by atoms with Crippen molar-refractivity contribution < 1.29 is 19.7 Å². The molecule has 27 heavy (non-hydrogen) atoms. The average molecular weight is 363 g/mol. The lowest BCUT2D eigenvalue weighted by Crippen LogP contribution is -2.24. The summed E-state index contributed by atoms with van der Waals surface area (Å²) in [4.78, 5) is 12.6. The summed E-state index contributed by atoms with van der Waals surface area (Å²) in [5.41, 5.74) is 2.48. The molecule has 1 amide bonds. The highest BCUT2D eigenvalue weighted by Gasteiger charge is 2.18. The molecule has 3 aromatic rings. The van der Waals surface area contributed by atoms with Gasteiger partial charge in [-0.05, 0) is 22.8 Å². The molecule has 0 saturated heterocycles. The molecule has 0 fully saturated rings. The Labute approximate surface area is 157 Å². The van der Waals surface area contributed by atoms with Crippen molar-refractivity contribution in [3.05, 3.63) is 95.1 Å². The first kappa shape index (κ1) is 18.5. The number of amides is 1. The van der Waals surface area contributed by atoms with Gasteiger partial charge < -0.3 is 20.3 Å². The van der Waals surface area contributed by atoms with Gasteiger partial charge >= 0.3 is 0 Å². The summed E-state index contributed by atoms with van der Waals surface area (Å²) in [5.74, 6) is -0.820. The van der Waals surface area contributed by atoms with Crippen molar-refractivity contribution in [3.8, 4) is 11.5 Å². The lowest BCUT2D eigenvalue weighted by atomic mass is 10.1. The second kappa shape index (κ2) is 8.87. The van der Waals surface area contributed by atoms with Crippen LogP contribution in [0.15, 0.2) is 72.8 Å². The Kier molecular flexibility index (Phi) is 6.07. The topological polar surface area (TPSA) is 78.8 Å². The predicted molar refractivity (Wildman–Crippen MR) is 102 cm³/mol. The smallest absolute Gasteiger partial charge is 0.255 e. The molecule has 138 valence electrons. The minimum Gasteiger partial charge on any atom is -0.508 e. The lowest BCUT2D eigenvalue weighted by molar-refractivity contribution is 0.0921. The van der Waals surface area contributed by atoms with Gasteiger partial charge in [0, 0.05) is 12.6 Å². The van der Waals surface area contributed by atoms with E-state index in [1.165, 1.54) is 6.07 Å². The van der Waals surface area contributed by atoms with Crippen molar-refractivity contribution in [2.75, 3.05) is 0 Å². The van der Waals surface area contributed by atoms with Crippen molar-refractivity contribution >= 4 is 5.91 Å². The van der Waals surface area contributed by atoms with Gasteiger partial charge in [-0.3, -0.25) is 4.79 Å². The molecule has 0 aliphatic carbocycles. The maximum atomic E-state index is 12.6. The highest BCUT2D eigenvalue weighted by molar-refractivity contribution is 5.98. The third-order valence-electron chi connectivity index (χ3n) is 4.08. The van der Waals surface area contributed by atoms with Crippen LogP contribution in [-0.2, 0) is 24.5 Å². The summed E-state index contributed by atoms with van der Waals surface area (Å²) < 4.78 is 5.67. The Hall–Kier alpha value is -3.31. The van der Waals surface area contributed by atoms with E-state index in [0.29, 0.717) is 18.7 Å². The quantitative estimate of drug-likeness (QED) is 0.597. The van der Waals surface area contributed by atoms with E-state index in [2.05, 4.69) is 5.32 Å². The molecule has 0 heterocycles. The van der Waals surface area contributed by atoms with E-state index in [0.717, 1.165) is 17.2 Å². The second-order valence-electron chi connectivity index (χ2n) is 6.15. The van der Waals surface area contributed by atoms with Crippen LogP contribution < -0.4 is 5.32 Å². The minimum absolute atomic E-state index is 0.0882. The van der Waals surface area contributed by atoms with Crippen molar-refractivity contribution in [1.82, 2.24) is 5.32 Å². The molecular weight excluding hydrogens is 342 g/mol. The van der Waals surface area contributed by atoms with Gasteiger partial charge in [0.05, 0.1) is 18.8 Å². The third kappa shape index (κ3) is 5.09. The SMILES string of the molecule is O=C(NCc1ccccc1)c1c(O)cc(O)cc1COCc1ccccc1. The molecule has 0 bridgehead atoms. The number of phenolic OH excluding ortho intramolecular Hbond substituents is 2. The Morgan fingerprint density at radius 1 is 0.852 bits per heavy atom. The molecule has 3 aromatic carbocycles. The predicted octanol–water partition coefficient (Wildman–Crippen LogP) is 3.74. The second-order valence-corrected chi connectivity index (χ2v) is 6.15. The van der Waals surface area contributed by atoms with E-state index >= 15 is 0 Å². The fraction of sp³-hybridized carbons (Fsp3) is 0.136. The van der Waals surface area contributed by atoms with Crippen molar-refractivity contribution in [1.29, 1.82) is 0 Å². The fourth-order valence-electron chi connectivity index (χ4n) is 2.76. The number of rotatable bonds is 7. The van der Waals surface area contributed by atoms with Crippen LogP contribution >= 0.6 is 0 Å². The number of benzene rings is 3. The monoisotopic (exact) mass is 363 g/mol. The number of hydrogen-bond acceptors (Lipinski definition) is 4. The van der Waals surface area contributed by atoms with Crippen LogP contribution in [0.3, 0.4) is 0 Å². The van der Waals surface area contributed by atoms with Gasteiger partial charge in [-0.1, -0.05) is 60.7 Å². The molecule has 5 nitrogen and oxygen atoms in total. The lowest BCUT2D eigenvalue weighted by Gasteiger charge is -2.13. The number of aromatic hydroxyl groups is 2. The summed E-state index contributed by atoms with van der Waals surface area (Å²) in [6.45, 7) is 0.789. The first-order valence-electron chi connectivity index (χ1n) is 8.62. The highest BCUT2D eigenvalue weighted by atomic mass is 16.5. The number of carbonyl (C=O) groups excluding carboxylic acids is 1. The van der Waals surface area contributed by atoms with Crippen LogP contribution in [-0.4, -0.2) is 16.1 Å². The maximum Gasteiger partial charge on any atom is 0.255 e. The van der Waals surface area contributed by atoms with Crippen LogP contribution in [0.5, 0.6) is 11.5 Å². The van der Waals surface area contributed by atoms with Crippen molar-refractivity contribution in [2.24, 2.45) is 0 Å². The zero-order valence-electron chi connectivity index (χ0n) is 14.8. The van der Waals surface area contributed by atoms with E-state index in [-0.39, 0.29) is 23.7 Å². The summed E-state index contributed by atoms with van der Waals surface area (Å²) in [6, 6.07) is 21.7. The van der Waals surface area contributed by atoms with Crippen molar-refractivity contribution in [2.45, 2.75) is 19.8 Å². The molecule has 0 unspecified atom stereocenters. The summed E-state index contributed by atoms with van der Waals surface area (Å²) in [5, 5.41) is 22.7. The average Bonchev–Trinajstić information content (AvgIpc) is 2.67. The Bertz CT molecular complexity index is 895. The molecule has 0 radical (unpaired) electrons. The summed E-state index contributed by atoms with van der Waals surface area (Å²) >= 11 is 0. The molecule has 0 atom stereocenters. The van der Waals surface area contributed by atoms with Crippen LogP contribution in [0, 0.1) is 0 Å². The van der Waals surface area contributed by atoms with E-state index in [1.807, 2.05) is 60.7 Å². The molecule has 0 aromatic heterocycles. The molecule has 3 N–H and O–H groups in total. The first-order valence-corrected chi connectivity index (χ1v) is 8.62. The molecule has 0 spiro atoms. The van der Waals surface area contributed by atoms with Crippen molar-refractivity contribution in [3.63, 3.8) is 0 Å². The van der Waals surface area contributed by atoms with E-state index in [1.54, 1.807) is 0 Å². The molecule has 0 aliphatic rings. The molecule has 3 rings (SSSR count). The van der Waals surface area contributed by atoms with Gasteiger partial charge in [0.2, 0.25) is 0 Å². The van der Waals surface area contributed by atoms with Gasteiger partial charge in [0.25, 0.3) is 5.91 Å². The fourth-order valence-corrected chi connectivity index (χ4v) is 2.76. The Balaban J connectivity index is 1.70. The normalized spacial score (nSPS) is 10.5. The van der Waals surface area contributed by atoms with Crippen LogP contribution in [0.25, 0.3) is 0 Å². The molecular formula is C22H21NO4. The summed E-state index contributed by atoms with van der Waals surface area (Å²) in [6.07, 6.45) is 0. The molecule has 5 heteroatoms. The Morgan fingerprint density at radius 2 is 1.48 bits per heavy atom. The highest BCUT2D eigenvalue weighted by Crippen LogP contribution is 2.28. The number of hydrogen-bond donors (Lipinski definition) is 3. The van der Waals surface area contributed by atoms with E-state index in [9.17, 15) is 15.0 Å². The van der Waals surface area contributed by atoms with Crippen LogP contribution in [0.4, 0.5) is 0 Å². The zero-order chi connectivity index (χ0) is 19.1. The van der Waals surface area contributed by atoms with Crippen LogP contribution in [0.2, 0.25) is 0 Å². The first-order chi connectivity index (χ1) is 13.1. The largest absolute Gasteiger partial charge is 0.508 e. The zero-order valence-corrected chi connectivity index (χ0v) is 14.8. The minimum atomic E-state index is -0.422. The number of phenols is 2. The molecule has 0 saturated carbocycles. The van der Waals surface area contributed by atoms with Gasteiger partial charge in [-0.25, -0.2) is 0 Å². The summed E-state index contributed by atoms with van der Waals surface area (Å²) in [7, 11) is 0. The van der Waals surface area contributed by atoms with E-state index < -0.39 is 5.91 Å². The number of carbonyl (C=O) groups is 1. The number of nitrogens with one attached hydrogen (secondary N) is 1. The maximum absolute atomic E-state index is 12.6. The Morgan fingerprint density at radius 3 is 2.15 bits per heavy atom.